The minimum absolute atomic E-state index is 0. The molecule has 0 bridgehead atoms. The number of nitrogens with one attached hydrogen (secondary N) is 2. The number of carbonyl (C=O) groups excluding carboxylic acids is 2. The Morgan fingerprint density at radius 3 is 2.38 bits per heavy atom. The van der Waals surface area contributed by atoms with E-state index in [1.807, 2.05) is 0 Å². The van der Waals surface area contributed by atoms with Gasteiger partial charge in [-0.15, -0.1) is 24.0 Å². The molecule has 152 valence electrons. The van der Waals surface area contributed by atoms with Gasteiger partial charge >= 0.3 is 0 Å². The summed E-state index contributed by atoms with van der Waals surface area (Å²) < 4.78 is 0. The van der Waals surface area contributed by atoms with E-state index >= 15 is 0 Å². The topological polar surface area (TPSA) is 77.0 Å². The molecule has 0 spiro atoms. The van der Waals surface area contributed by atoms with Gasteiger partial charge in [0.05, 0.1) is 0 Å². The van der Waals surface area contributed by atoms with E-state index in [4.69, 9.17) is 0 Å². The lowest BCUT2D eigenvalue weighted by Crippen LogP contribution is -2.48. The monoisotopic (exact) mass is 481 g/mol. The van der Waals surface area contributed by atoms with Gasteiger partial charge in [0.2, 0.25) is 11.8 Å². The molecule has 1 aliphatic rings. The van der Waals surface area contributed by atoms with Crippen LogP contribution in [-0.2, 0) is 9.59 Å². The average Bonchev–Trinajstić information content (AvgIpc) is 2.60. The van der Waals surface area contributed by atoms with E-state index in [2.05, 4.69) is 41.3 Å². The van der Waals surface area contributed by atoms with Crippen LogP contribution in [0.15, 0.2) is 4.99 Å². The number of hydrogen-bond donors (Lipinski definition) is 2. The summed E-state index contributed by atoms with van der Waals surface area (Å²) in [6, 6.07) is 0.319. The van der Waals surface area contributed by atoms with Crippen molar-refractivity contribution in [1.29, 1.82) is 0 Å². The first kappa shape index (κ1) is 25.1. The summed E-state index contributed by atoms with van der Waals surface area (Å²) >= 11 is 0. The molecule has 26 heavy (non-hydrogen) atoms. The standard InChI is InChI=1S/C18H35N5O2.HI/c1-5-22(6-2)13-8-9-15(3)21-18(19-4)20-12-14-23-16(24)10-7-11-17(23)25;/h15H,5-14H2,1-4H3,(H2,19,20,21);1H. The molecule has 0 saturated carbocycles. The Kier molecular flexibility index (Phi) is 13.7. The van der Waals surface area contributed by atoms with Crippen molar-refractivity contribution < 1.29 is 9.59 Å². The summed E-state index contributed by atoms with van der Waals surface area (Å²) in [7, 11) is 1.73. The summed E-state index contributed by atoms with van der Waals surface area (Å²) in [5.74, 6) is 0.587. The first-order chi connectivity index (χ1) is 12.0. The highest BCUT2D eigenvalue weighted by Gasteiger charge is 2.25. The van der Waals surface area contributed by atoms with Crippen LogP contribution in [-0.4, -0.2) is 73.4 Å². The summed E-state index contributed by atoms with van der Waals surface area (Å²) in [6.07, 6.45) is 3.84. The molecule has 0 aromatic heterocycles. The Morgan fingerprint density at radius 2 is 1.85 bits per heavy atom. The second-order valence-corrected chi connectivity index (χ2v) is 6.51. The van der Waals surface area contributed by atoms with Crippen LogP contribution in [0.2, 0.25) is 0 Å². The zero-order valence-corrected chi connectivity index (χ0v) is 19.0. The first-order valence-electron chi connectivity index (χ1n) is 9.54. The molecule has 1 rings (SSSR count). The van der Waals surface area contributed by atoms with E-state index in [1.165, 1.54) is 4.90 Å². The van der Waals surface area contributed by atoms with E-state index in [0.29, 0.717) is 44.4 Å². The molecule has 2 N–H and O–H groups in total. The lowest BCUT2D eigenvalue weighted by Gasteiger charge is -2.25. The predicted octanol–water partition coefficient (Wildman–Crippen LogP) is 1.82. The Labute approximate surface area is 175 Å². The lowest BCUT2D eigenvalue weighted by molar-refractivity contribution is -0.147. The largest absolute Gasteiger partial charge is 0.355 e. The Hall–Kier alpha value is -0.900. The number of likely N-dealkylation sites (tertiary alicyclic amines) is 1. The molecular weight excluding hydrogens is 445 g/mol. The number of rotatable bonds is 10. The SMILES string of the molecule is CCN(CC)CCCC(C)NC(=NC)NCCN1C(=O)CCCC1=O.I. The Morgan fingerprint density at radius 1 is 1.23 bits per heavy atom. The summed E-state index contributed by atoms with van der Waals surface area (Å²) in [6.45, 7) is 10.7. The maximum absolute atomic E-state index is 11.8. The number of imide groups is 1. The van der Waals surface area contributed by atoms with E-state index < -0.39 is 0 Å². The fourth-order valence-corrected chi connectivity index (χ4v) is 3.00. The number of guanidine groups is 1. The normalized spacial score (nSPS) is 16.5. The molecule has 2 amide bonds. The van der Waals surface area contributed by atoms with Gasteiger partial charge in [-0.25, -0.2) is 0 Å². The second kappa shape index (κ2) is 14.2. The highest BCUT2D eigenvalue weighted by Crippen LogP contribution is 2.11. The van der Waals surface area contributed by atoms with Crippen LogP contribution < -0.4 is 10.6 Å². The zero-order chi connectivity index (χ0) is 18.7. The fourth-order valence-electron chi connectivity index (χ4n) is 3.00. The number of nitrogens with zero attached hydrogens (tertiary/aromatic N) is 3. The molecule has 0 aromatic rings. The van der Waals surface area contributed by atoms with E-state index in [9.17, 15) is 9.59 Å². The van der Waals surface area contributed by atoms with Gasteiger partial charge in [0.25, 0.3) is 0 Å². The molecule has 1 atom stereocenters. The minimum Gasteiger partial charge on any atom is -0.355 e. The van der Waals surface area contributed by atoms with Gasteiger partial charge in [0.1, 0.15) is 0 Å². The van der Waals surface area contributed by atoms with E-state index in [-0.39, 0.29) is 35.8 Å². The van der Waals surface area contributed by atoms with Crippen LogP contribution in [0, 0.1) is 0 Å². The van der Waals surface area contributed by atoms with Crippen molar-refractivity contribution in [2.24, 2.45) is 4.99 Å². The number of carbonyl (C=O) groups is 2. The van der Waals surface area contributed by atoms with E-state index in [0.717, 1.165) is 32.5 Å². The molecule has 1 fully saturated rings. The third-order valence-electron chi connectivity index (χ3n) is 4.62. The average molecular weight is 481 g/mol. The van der Waals surface area contributed by atoms with Crippen molar-refractivity contribution in [3.8, 4) is 0 Å². The van der Waals surface area contributed by atoms with Crippen LogP contribution in [0.3, 0.4) is 0 Å². The maximum atomic E-state index is 11.8. The summed E-state index contributed by atoms with van der Waals surface area (Å²) in [5, 5.41) is 6.56. The molecule has 1 heterocycles. The number of aliphatic imine (C=N–C) groups is 1. The quantitative estimate of drug-likeness (QED) is 0.216. The molecule has 8 heteroatoms. The molecule has 0 aromatic carbocycles. The molecular formula is C18H36IN5O2. The third-order valence-corrected chi connectivity index (χ3v) is 4.62. The van der Waals surface area contributed by atoms with Crippen LogP contribution in [0.1, 0.15) is 52.9 Å². The highest BCUT2D eigenvalue weighted by atomic mass is 127. The number of halogens is 1. The Bertz CT molecular complexity index is 439. The number of hydrogen-bond acceptors (Lipinski definition) is 4. The van der Waals surface area contributed by atoms with Crippen molar-refractivity contribution in [1.82, 2.24) is 20.4 Å². The van der Waals surface area contributed by atoms with Gasteiger partial charge in [-0.05, 0) is 45.8 Å². The number of amides is 2. The maximum Gasteiger partial charge on any atom is 0.229 e. The van der Waals surface area contributed by atoms with E-state index in [1.54, 1.807) is 7.05 Å². The van der Waals surface area contributed by atoms with Crippen molar-refractivity contribution in [2.45, 2.75) is 58.9 Å². The molecule has 0 radical (unpaired) electrons. The Balaban J connectivity index is 0.00000625. The second-order valence-electron chi connectivity index (χ2n) is 6.51. The zero-order valence-electron chi connectivity index (χ0n) is 16.7. The van der Waals surface area contributed by atoms with Crippen molar-refractivity contribution in [3.63, 3.8) is 0 Å². The van der Waals surface area contributed by atoms with Gasteiger partial charge in [-0.3, -0.25) is 19.5 Å². The van der Waals surface area contributed by atoms with Gasteiger partial charge < -0.3 is 15.5 Å². The van der Waals surface area contributed by atoms with Crippen molar-refractivity contribution in [3.05, 3.63) is 0 Å². The van der Waals surface area contributed by atoms with Crippen LogP contribution in [0.25, 0.3) is 0 Å². The lowest BCUT2D eigenvalue weighted by atomic mass is 10.1. The molecule has 7 nitrogen and oxygen atoms in total. The molecule has 1 unspecified atom stereocenters. The van der Waals surface area contributed by atoms with Gasteiger partial charge in [0, 0.05) is 39.0 Å². The highest BCUT2D eigenvalue weighted by molar-refractivity contribution is 14.0. The summed E-state index contributed by atoms with van der Waals surface area (Å²) in [5.41, 5.74) is 0. The fraction of sp³-hybridized carbons (Fsp3) is 0.833. The summed E-state index contributed by atoms with van der Waals surface area (Å²) in [4.78, 5) is 31.6. The van der Waals surface area contributed by atoms with Gasteiger partial charge in [-0.2, -0.15) is 0 Å². The van der Waals surface area contributed by atoms with Crippen LogP contribution in [0.5, 0.6) is 0 Å². The predicted molar refractivity (Wildman–Crippen MR) is 117 cm³/mol. The molecule has 1 saturated heterocycles. The van der Waals surface area contributed by atoms with Gasteiger partial charge in [-0.1, -0.05) is 13.8 Å². The minimum atomic E-state index is -0.0641. The molecule has 1 aliphatic heterocycles. The molecule has 0 aliphatic carbocycles. The van der Waals surface area contributed by atoms with Crippen molar-refractivity contribution >= 4 is 41.8 Å². The van der Waals surface area contributed by atoms with Crippen LogP contribution in [0.4, 0.5) is 0 Å². The number of piperidine rings is 1. The van der Waals surface area contributed by atoms with Gasteiger partial charge in [0.15, 0.2) is 5.96 Å². The van der Waals surface area contributed by atoms with Crippen LogP contribution >= 0.6 is 24.0 Å². The van der Waals surface area contributed by atoms with Crippen molar-refractivity contribution in [2.75, 3.05) is 39.8 Å². The first-order valence-corrected chi connectivity index (χ1v) is 9.54. The third kappa shape index (κ3) is 9.16. The smallest absolute Gasteiger partial charge is 0.229 e.